The highest BCUT2D eigenvalue weighted by molar-refractivity contribution is 7.07. The van der Waals surface area contributed by atoms with Crippen molar-refractivity contribution in [3.8, 4) is 17.2 Å². The second-order valence-electron chi connectivity index (χ2n) is 8.15. The topological polar surface area (TPSA) is 83.1 Å². The Balaban J connectivity index is 1.96. The lowest BCUT2D eigenvalue weighted by molar-refractivity contribution is -0.140. The van der Waals surface area contributed by atoms with Crippen molar-refractivity contribution in [1.29, 1.82) is 0 Å². The fourth-order valence-electron chi connectivity index (χ4n) is 2.42. The van der Waals surface area contributed by atoms with E-state index in [9.17, 15) is 9.59 Å². The molecule has 31 heavy (non-hydrogen) atoms. The van der Waals surface area contributed by atoms with Gasteiger partial charge in [-0.3, -0.25) is 9.59 Å². The SMILES string of the molecule is COC(=O)CCNC(=O)COc1ccc(OCc2ccsc2)cc1OCC[Si](C)(C)C. The molecule has 0 atom stereocenters. The van der Waals surface area contributed by atoms with Crippen LogP contribution < -0.4 is 19.5 Å². The molecule has 0 spiro atoms. The number of hydrogen-bond donors (Lipinski definition) is 1. The molecule has 9 heteroatoms. The number of nitrogens with one attached hydrogen (secondary N) is 1. The summed E-state index contributed by atoms with van der Waals surface area (Å²) in [5.74, 6) is 0.987. The first-order valence-electron chi connectivity index (χ1n) is 10.1. The van der Waals surface area contributed by atoms with E-state index >= 15 is 0 Å². The van der Waals surface area contributed by atoms with Gasteiger partial charge in [-0.15, -0.1) is 0 Å². The number of amides is 1. The molecule has 1 heterocycles. The average molecular weight is 466 g/mol. The van der Waals surface area contributed by atoms with Gasteiger partial charge in [-0.1, -0.05) is 19.6 Å². The average Bonchev–Trinajstić information content (AvgIpc) is 3.24. The maximum absolute atomic E-state index is 12.0. The lowest BCUT2D eigenvalue weighted by Crippen LogP contribution is -2.31. The first-order chi connectivity index (χ1) is 14.8. The molecule has 7 nitrogen and oxygen atoms in total. The van der Waals surface area contributed by atoms with Gasteiger partial charge >= 0.3 is 5.97 Å². The molecule has 0 aliphatic carbocycles. The van der Waals surface area contributed by atoms with E-state index in [0.29, 0.717) is 30.5 Å². The molecule has 2 aromatic rings. The van der Waals surface area contributed by atoms with Gasteiger partial charge in [0, 0.05) is 20.7 Å². The predicted molar refractivity (Wildman–Crippen MR) is 124 cm³/mol. The van der Waals surface area contributed by atoms with Crippen LogP contribution in [0.1, 0.15) is 12.0 Å². The molecule has 1 aromatic heterocycles. The summed E-state index contributed by atoms with van der Waals surface area (Å²) in [4.78, 5) is 23.1. The lowest BCUT2D eigenvalue weighted by Gasteiger charge is -2.18. The zero-order valence-electron chi connectivity index (χ0n) is 18.6. The number of thiophene rings is 1. The molecule has 0 aliphatic heterocycles. The van der Waals surface area contributed by atoms with Gasteiger partial charge in [0.2, 0.25) is 0 Å². The smallest absolute Gasteiger partial charge is 0.307 e. The molecular formula is C22H31NO6SSi. The van der Waals surface area contributed by atoms with Gasteiger partial charge in [-0.2, -0.15) is 11.3 Å². The third kappa shape index (κ3) is 9.88. The Morgan fingerprint density at radius 3 is 2.55 bits per heavy atom. The highest BCUT2D eigenvalue weighted by Crippen LogP contribution is 2.32. The predicted octanol–water partition coefficient (Wildman–Crippen LogP) is 4.10. The van der Waals surface area contributed by atoms with E-state index in [1.807, 2.05) is 16.8 Å². The van der Waals surface area contributed by atoms with Crippen molar-refractivity contribution in [2.24, 2.45) is 0 Å². The van der Waals surface area contributed by atoms with Crippen LogP contribution in [0.2, 0.25) is 25.7 Å². The molecule has 0 unspecified atom stereocenters. The van der Waals surface area contributed by atoms with Crippen LogP contribution >= 0.6 is 11.3 Å². The standard InChI is InChI=1S/C22H31NO6SSi/c1-26-22(25)7-9-23-21(24)15-29-19-6-5-18(28-14-17-8-11-30-16-17)13-20(19)27-10-12-31(2,3)4/h5-6,8,11,13,16H,7,9-10,12,14-15H2,1-4H3,(H,23,24). The minimum absolute atomic E-state index is 0.115. The van der Waals surface area contributed by atoms with Gasteiger partial charge in [0.1, 0.15) is 12.4 Å². The molecular weight excluding hydrogens is 434 g/mol. The second kappa shape index (κ2) is 12.4. The normalized spacial score (nSPS) is 11.0. The van der Waals surface area contributed by atoms with Crippen LogP contribution in [0.5, 0.6) is 17.2 Å². The number of hydrogen-bond acceptors (Lipinski definition) is 7. The van der Waals surface area contributed by atoms with Crippen LogP contribution in [0, 0.1) is 0 Å². The fourth-order valence-corrected chi connectivity index (χ4v) is 3.79. The van der Waals surface area contributed by atoms with Gasteiger partial charge in [-0.25, -0.2) is 0 Å². The number of carbonyl (C=O) groups excluding carboxylic acids is 2. The lowest BCUT2D eigenvalue weighted by atomic mass is 10.3. The van der Waals surface area contributed by atoms with Crippen LogP contribution in [0.3, 0.4) is 0 Å². The molecule has 170 valence electrons. The van der Waals surface area contributed by atoms with Crippen molar-refractivity contribution in [2.45, 2.75) is 38.7 Å². The Kier molecular flexibility index (Phi) is 9.87. The third-order valence-corrected chi connectivity index (χ3v) is 6.68. The molecule has 0 aliphatic rings. The van der Waals surface area contributed by atoms with E-state index < -0.39 is 8.07 Å². The van der Waals surface area contributed by atoms with Crippen LogP contribution in [0.4, 0.5) is 0 Å². The second-order valence-corrected chi connectivity index (χ2v) is 14.6. The van der Waals surface area contributed by atoms with Gasteiger partial charge in [-0.05, 0) is 40.6 Å². The van der Waals surface area contributed by atoms with Crippen LogP contribution in [0.25, 0.3) is 0 Å². The van der Waals surface area contributed by atoms with Gasteiger partial charge in [0.05, 0.1) is 20.1 Å². The summed E-state index contributed by atoms with van der Waals surface area (Å²) in [7, 11) is 0.0549. The number of rotatable bonds is 13. The molecule has 1 N–H and O–H groups in total. The Labute approximate surface area is 188 Å². The third-order valence-electron chi connectivity index (χ3n) is 4.25. The first-order valence-corrected chi connectivity index (χ1v) is 14.8. The van der Waals surface area contributed by atoms with Crippen LogP contribution in [-0.2, 0) is 20.9 Å². The summed E-state index contributed by atoms with van der Waals surface area (Å²) >= 11 is 1.63. The molecule has 2 rings (SSSR count). The largest absolute Gasteiger partial charge is 0.490 e. The number of ether oxygens (including phenoxy) is 4. The molecule has 1 aromatic carbocycles. The summed E-state index contributed by atoms with van der Waals surface area (Å²) < 4.78 is 22.1. The minimum Gasteiger partial charge on any atom is -0.490 e. The van der Waals surface area contributed by atoms with Gasteiger partial charge < -0.3 is 24.3 Å². The Hall–Kier alpha value is -2.52. The number of esters is 1. The van der Waals surface area contributed by atoms with Crippen molar-refractivity contribution in [2.75, 3.05) is 26.9 Å². The zero-order chi connectivity index (χ0) is 22.7. The first kappa shape index (κ1) is 24.7. The molecule has 0 radical (unpaired) electrons. The zero-order valence-corrected chi connectivity index (χ0v) is 20.4. The van der Waals surface area contributed by atoms with Crippen LogP contribution in [-0.4, -0.2) is 46.8 Å². The number of benzene rings is 1. The molecule has 0 saturated heterocycles. The van der Waals surface area contributed by atoms with Gasteiger partial charge in [0.15, 0.2) is 18.1 Å². The van der Waals surface area contributed by atoms with Crippen LogP contribution in [0.15, 0.2) is 35.0 Å². The molecule has 0 bridgehead atoms. The fraction of sp³-hybridized carbons (Fsp3) is 0.455. The van der Waals surface area contributed by atoms with E-state index in [2.05, 4.69) is 29.7 Å². The van der Waals surface area contributed by atoms with E-state index in [1.165, 1.54) is 7.11 Å². The van der Waals surface area contributed by atoms with Crippen molar-refractivity contribution in [3.05, 3.63) is 40.6 Å². The van der Waals surface area contributed by atoms with E-state index in [4.69, 9.17) is 14.2 Å². The minimum atomic E-state index is -1.26. The van der Waals surface area contributed by atoms with Crippen molar-refractivity contribution in [1.82, 2.24) is 5.32 Å². The van der Waals surface area contributed by atoms with E-state index in [-0.39, 0.29) is 31.4 Å². The Morgan fingerprint density at radius 2 is 1.87 bits per heavy atom. The Morgan fingerprint density at radius 1 is 1.06 bits per heavy atom. The summed E-state index contributed by atoms with van der Waals surface area (Å²) in [6.07, 6.45) is 0.115. The molecule has 1 amide bonds. The number of methoxy groups -OCH3 is 1. The van der Waals surface area contributed by atoms with Crippen molar-refractivity contribution < 1.29 is 28.5 Å². The van der Waals surface area contributed by atoms with E-state index in [1.54, 1.807) is 29.5 Å². The highest BCUT2D eigenvalue weighted by Gasteiger charge is 2.15. The Bertz CT molecular complexity index is 835. The van der Waals surface area contributed by atoms with E-state index in [0.717, 1.165) is 11.6 Å². The van der Waals surface area contributed by atoms with Crippen molar-refractivity contribution >= 4 is 31.3 Å². The number of carbonyl (C=O) groups is 2. The quantitative estimate of drug-likeness (QED) is 0.354. The molecule has 0 fully saturated rings. The summed E-state index contributed by atoms with van der Waals surface area (Å²) in [6.45, 7) is 7.92. The van der Waals surface area contributed by atoms with Crippen molar-refractivity contribution in [3.63, 3.8) is 0 Å². The summed E-state index contributed by atoms with van der Waals surface area (Å²) in [5.41, 5.74) is 1.11. The maximum Gasteiger partial charge on any atom is 0.307 e. The monoisotopic (exact) mass is 465 g/mol. The van der Waals surface area contributed by atoms with Gasteiger partial charge in [0.25, 0.3) is 5.91 Å². The summed E-state index contributed by atoms with van der Waals surface area (Å²) in [5, 5.41) is 6.68. The summed E-state index contributed by atoms with van der Waals surface area (Å²) in [6, 6.07) is 8.35. The maximum atomic E-state index is 12.0. The molecule has 0 saturated carbocycles. The highest BCUT2D eigenvalue weighted by atomic mass is 32.1.